The Morgan fingerprint density at radius 3 is 1.05 bits per heavy atom. The van der Waals surface area contributed by atoms with Crippen molar-refractivity contribution in [1.29, 1.82) is 0 Å². The molecule has 0 saturated carbocycles. The van der Waals surface area contributed by atoms with Gasteiger partial charge in [-0.2, -0.15) is 0 Å². The van der Waals surface area contributed by atoms with Crippen LogP contribution in [0.2, 0.25) is 0 Å². The molecule has 0 aliphatic heterocycles. The Hall–Kier alpha value is -4.53. The molecule has 0 unspecified atom stereocenters. The van der Waals surface area contributed by atoms with Gasteiger partial charge in [-0.25, -0.2) is 0 Å². The average Bonchev–Trinajstić information content (AvgIpc) is 2.98. The van der Waals surface area contributed by atoms with Crippen LogP contribution in [0.4, 0.5) is 0 Å². The Morgan fingerprint density at radius 2 is 0.692 bits per heavy atom. The third kappa shape index (κ3) is 2.98. The fraction of sp³-hybridized carbons (Fsp3) is 0. The van der Waals surface area contributed by atoms with Crippen molar-refractivity contribution in [3.8, 4) is 22.3 Å². The van der Waals surface area contributed by atoms with E-state index in [1.807, 2.05) is 12.4 Å². The topological polar surface area (TPSA) is 12.9 Å². The van der Waals surface area contributed by atoms with Gasteiger partial charge in [0.15, 0.2) is 0 Å². The Morgan fingerprint density at radius 1 is 0.385 bits per heavy atom. The molecule has 1 heterocycles. The molecule has 0 aliphatic rings. The first kappa shape index (κ1) is 21.4. The standard InChI is InChI=1S/C37H20BrN/c38-37-31(29-15-25-11-7-21-3-1-4-22-8-12-26(16-29)35(25)33(21)22)19-39-20-32(37)30-17-27-13-9-23-5-2-6-24-10-14-28(18-30)36(27)34(23)24/h1-20H. The first-order valence-electron chi connectivity index (χ1n) is 13.2. The van der Waals surface area contributed by atoms with Crippen LogP contribution in [0.3, 0.4) is 0 Å². The molecule has 0 saturated heterocycles. The molecule has 1 aromatic heterocycles. The highest BCUT2D eigenvalue weighted by atomic mass is 79.9. The van der Waals surface area contributed by atoms with Crippen LogP contribution in [0, 0.1) is 0 Å². The highest BCUT2D eigenvalue weighted by Crippen LogP contribution is 2.43. The zero-order valence-corrected chi connectivity index (χ0v) is 22.5. The van der Waals surface area contributed by atoms with Gasteiger partial charge < -0.3 is 0 Å². The molecule has 0 radical (unpaired) electrons. The van der Waals surface area contributed by atoms with Crippen LogP contribution < -0.4 is 0 Å². The van der Waals surface area contributed by atoms with Crippen molar-refractivity contribution in [3.63, 3.8) is 0 Å². The molecular weight excluding hydrogens is 538 g/mol. The maximum atomic E-state index is 4.73. The second-order valence-corrected chi connectivity index (χ2v) is 11.4. The summed E-state index contributed by atoms with van der Waals surface area (Å²) in [4.78, 5) is 4.73. The van der Waals surface area contributed by atoms with Gasteiger partial charge in [-0.3, -0.25) is 4.98 Å². The summed E-state index contributed by atoms with van der Waals surface area (Å²) in [6, 6.07) is 40.3. The fourth-order valence-corrected chi connectivity index (χ4v) is 7.33. The predicted molar refractivity (Wildman–Crippen MR) is 170 cm³/mol. The zero-order valence-electron chi connectivity index (χ0n) is 20.9. The van der Waals surface area contributed by atoms with Crippen molar-refractivity contribution < 1.29 is 0 Å². The molecule has 0 spiro atoms. The SMILES string of the molecule is Brc1c(-c2cc3ccc4cccc5ccc(c2)c3c45)cncc1-c1cc2ccc3cccc4ccc(c1)c2c34. The van der Waals surface area contributed by atoms with Gasteiger partial charge in [0.2, 0.25) is 0 Å². The summed E-state index contributed by atoms with van der Waals surface area (Å²) in [5, 5.41) is 15.5. The van der Waals surface area contributed by atoms with Gasteiger partial charge >= 0.3 is 0 Å². The van der Waals surface area contributed by atoms with Gasteiger partial charge in [0.1, 0.15) is 0 Å². The van der Waals surface area contributed by atoms with Gasteiger partial charge in [0.25, 0.3) is 0 Å². The van der Waals surface area contributed by atoms with E-state index in [9.17, 15) is 0 Å². The third-order valence-electron chi connectivity index (χ3n) is 8.43. The summed E-state index contributed by atoms with van der Waals surface area (Å²) in [7, 11) is 0. The number of hydrogen-bond donors (Lipinski definition) is 0. The van der Waals surface area contributed by atoms with E-state index < -0.39 is 0 Å². The lowest BCUT2D eigenvalue weighted by atomic mass is 9.90. The monoisotopic (exact) mass is 557 g/mol. The van der Waals surface area contributed by atoms with Crippen LogP contribution in [0.5, 0.6) is 0 Å². The molecule has 0 aliphatic carbocycles. The van der Waals surface area contributed by atoms with Gasteiger partial charge in [-0.05, 0) is 116 Å². The molecule has 8 aromatic carbocycles. The predicted octanol–water partition coefficient (Wildman–Crippen LogP) is 11.0. The zero-order chi connectivity index (χ0) is 25.7. The molecule has 0 atom stereocenters. The summed E-state index contributed by atoms with van der Waals surface area (Å²) < 4.78 is 1.07. The van der Waals surface area contributed by atoms with E-state index in [1.54, 1.807) is 0 Å². The largest absolute Gasteiger partial charge is 0.263 e. The number of halogens is 1. The highest BCUT2D eigenvalue weighted by molar-refractivity contribution is 9.10. The number of hydrogen-bond acceptors (Lipinski definition) is 1. The van der Waals surface area contributed by atoms with Crippen LogP contribution in [0.1, 0.15) is 0 Å². The fourth-order valence-electron chi connectivity index (χ4n) is 6.67. The summed E-state index contributed by atoms with van der Waals surface area (Å²) in [5.74, 6) is 0. The average molecular weight is 558 g/mol. The van der Waals surface area contributed by atoms with Crippen molar-refractivity contribution >= 4 is 80.6 Å². The molecule has 0 fully saturated rings. The van der Waals surface area contributed by atoms with Crippen molar-refractivity contribution in [3.05, 3.63) is 126 Å². The molecule has 9 rings (SSSR count). The molecular formula is C37H20BrN. The minimum Gasteiger partial charge on any atom is -0.263 e. The van der Waals surface area contributed by atoms with Crippen molar-refractivity contribution in [1.82, 2.24) is 4.98 Å². The lowest BCUT2D eigenvalue weighted by Crippen LogP contribution is -1.91. The third-order valence-corrected chi connectivity index (χ3v) is 9.28. The number of nitrogens with zero attached hydrogens (tertiary/aromatic N) is 1. The molecule has 0 bridgehead atoms. The van der Waals surface area contributed by atoms with Crippen LogP contribution in [0.15, 0.2) is 126 Å². The molecule has 0 N–H and O–H groups in total. The Balaban J connectivity index is 1.26. The maximum absolute atomic E-state index is 4.73. The van der Waals surface area contributed by atoms with Crippen molar-refractivity contribution in [2.75, 3.05) is 0 Å². The Labute approximate surface area is 233 Å². The number of benzene rings is 8. The molecule has 39 heavy (non-hydrogen) atoms. The van der Waals surface area contributed by atoms with E-state index in [0.717, 1.165) is 15.6 Å². The van der Waals surface area contributed by atoms with E-state index in [0.29, 0.717) is 0 Å². The van der Waals surface area contributed by atoms with E-state index >= 15 is 0 Å². The van der Waals surface area contributed by atoms with Gasteiger partial charge in [-0.15, -0.1) is 0 Å². The summed E-state index contributed by atoms with van der Waals surface area (Å²) in [5.41, 5.74) is 4.53. The molecule has 0 amide bonds. The number of aromatic nitrogens is 1. The maximum Gasteiger partial charge on any atom is 0.0363 e. The van der Waals surface area contributed by atoms with E-state index in [4.69, 9.17) is 4.98 Å². The summed E-state index contributed by atoms with van der Waals surface area (Å²) >= 11 is 4.00. The molecule has 180 valence electrons. The summed E-state index contributed by atoms with van der Waals surface area (Å²) in [6.07, 6.45) is 3.95. The van der Waals surface area contributed by atoms with Crippen LogP contribution in [-0.4, -0.2) is 4.98 Å². The Kier molecular flexibility index (Phi) is 4.26. The normalized spacial score (nSPS) is 12.2. The van der Waals surface area contributed by atoms with E-state index in [1.165, 1.54) is 75.8 Å². The van der Waals surface area contributed by atoms with Crippen LogP contribution in [0.25, 0.3) is 86.9 Å². The van der Waals surface area contributed by atoms with Gasteiger partial charge in [0, 0.05) is 28.0 Å². The van der Waals surface area contributed by atoms with Crippen molar-refractivity contribution in [2.45, 2.75) is 0 Å². The number of rotatable bonds is 2. The minimum atomic E-state index is 1.07. The number of pyridine rings is 1. The molecule has 2 heteroatoms. The van der Waals surface area contributed by atoms with Crippen LogP contribution in [-0.2, 0) is 0 Å². The quantitative estimate of drug-likeness (QED) is 0.192. The Bertz CT molecular complexity index is 2110. The first-order valence-corrected chi connectivity index (χ1v) is 14.0. The first-order chi connectivity index (χ1) is 19.2. The van der Waals surface area contributed by atoms with E-state index in [2.05, 4.69) is 125 Å². The van der Waals surface area contributed by atoms with Crippen molar-refractivity contribution in [2.24, 2.45) is 0 Å². The molecule has 9 aromatic rings. The smallest absolute Gasteiger partial charge is 0.0363 e. The minimum absolute atomic E-state index is 1.07. The second-order valence-electron chi connectivity index (χ2n) is 10.6. The molecule has 1 nitrogen and oxygen atoms in total. The lowest BCUT2D eigenvalue weighted by Gasteiger charge is -2.16. The van der Waals surface area contributed by atoms with Crippen LogP contribution >= 0.6 is 15.9 Å². The van der Waals surface area contributed by atoms with Gasteiger partial charge in [0.05, 0.1) is 0 Å². The van der Waals surface area contributed by atoms with E-state index in [-0.39, 0.29) is 0 Å². The second kappa shape index (κ2) is 7.75. The summed E-state index contributed by atoms with van der Waals surface area (Å²) in [6.45, 7) is 0. The lowest BCUT2D eigenvalue weighted by molar-refractivity contribution is 1.32. The highest BCUT2D eigenvalue weighted by Gasteiger charge is 2.16. The van der Waals surface area contributed by atoms with Gasteiger partial charge in [-0.1, -0.05) is 84.9 Å².